The number of fused-ring (bicyclic) bond motifs is 2. The molecule has 6 rings (SSSR count). The second-order valence-corrected chi connectivity index (χ2v) is 12.7. The molecule has 2 aliphatic rings. The third kappa shape index (κ3) is 4.69. The van der Waals surface area contributed by atoms with Gasteiger partial charge >= 0.3 is 0 Å². The highest BCUT2D eigenvalue weighted by molar-refractivity contribution is 7.99. The number of carbonyl (C=O) groups is 2. The molecule has 0 saturated heterocycles. The molecule has 0 bridgehead atoms. The molecule has 1 fully saturated rings. The van der Waals surface area contributed by atoms with Crippen LogP contribution in [0.4, 0.5) is 5.00 Å². The Kier molecular flexibility index (Phi) is 7.11. The molecule has 1 saturated carbocycles. The van der Waals surface area contributed by atoms with Gasteiger partial charge in [-0.05, 0) is 43.2 Å². The van der Waals surface area contributed by atoms with Gasteiger partial charge in [-0.25, -0.2) is 4.98 Å². The Morgan fingerprint density at radius 2 is 1.89 bits per heavy atom. The van der Waals surface area contributed by atoms with Crippen LogP contribution in [0.25, 0.3) is 21.3 Å². The summed E-state index contributed by atoms with van der Waals surface area (Å²) in [5, 5.41) is 6.68. The maximum Gasteiger partial charge on any atom is 0.263 e. The van der Waals surface area contributed by atoms with Crippen LogP contribution in [-0.2, 0) is 17.6 Å². The van der Waals surface area contributed by atoms with Crippen LogP contribution in [-0.4, -0.2) is 27.1 Å². The lowest BCUT2D eigenvalue weighted by molar-refractivity contribution is -0.113. The molecular formula is C28H28N4O3S3. The van der Waals surface area contributed by atoms with Crippen molar-refractivity contribution in [2.24, 2.45) is 5.73 Å². The quantitative estimate of drug-likeness (QED) is 0.211. The number of aromatic nitrogens is 2. The van der Waals surface area contributed by atoms with Gasteiger partial charge in [0.1, 0.15) is 9.83 Å². The summed E-state index contributed by atoms with van der Waals surface area (Å²) in [4.78, 5) is 45.9. The highest BCUT2D eigenvalue weighted by Gasteiger charge is 2.27. The minimum Gasteiger partial charge on any atom is -0.365 e. The molecule has 3 N–H and O–H groups in total. The van der Waals surface area contributed by atoms with Gasteiger partial charge in [0, 0.05) is 21.9 Å². The largest absolute Gasteiger partial charge is 0.365 e. The van der Waals surface area contributed by atoms with E-state index in [4.69, 9.17) is 10.7 Å². The molecule has 2 amide bonds. The molecule has 0 aliphatic heterocycles. The molecule has 10 heteroatoms. The van der Waals surface area contributed by atoms with E-state index in [9.17, 15) is 14.4 Å². The van der Waals surface area contributed by atoms with E-state index in [-0.39, 0.29) is 23.3 Å². The number of amides is 2. The number of aryl methyl sites for hydroxylation is 1. The molecule has 2 aliphatic carbocycles. The van der Waals surface area contributed by atoms with Gasteiger partial charge in [0.15, 0.2) is 5.16 Å². The first-order valence-electron chi connectivity index (χ1n) is 13.0. The molecule has 7 nitrogen and oxygen atoms in total. The zero-order chi connectivity index (χ0) is 26.2. The predicted molar refractivity (Wildman–Crippen MR) is 156 cm³/mol. The van der Waals surface area contributed by atoms with Gasteiger partial charge in [-0.2, -0.15) is 0 Å². The number of benzene rings is 1. The fourth-order valence-corrected chi connectivity index (χ4v) is 8.79. The van der Waals surface area contributed by atoms with Crippen LogP contribution in [0.2, 0.25) is 0 Å². The van der Waals surface area contributed by atoms with Crippen LogP contribution in [0.15, 0.2) is 45.7 Å². The predicted octanol–water partition coefficient (Wildman–Crippen LogP) is 6.01. The first-order valence-corrected chi connectivity index (χ1v) is 15.7. The van der Waals surface area contributed by atoms with E-state index in [1.807, 2.05) is 40.3 Å². The summed E-state index contributed by atoms with van der Waals surface area (Å²) >= 11 is 4.19. The molecule has 0 radical (unpaired) electrons. The number of primary amides is 1. The Morgan fingerprint density at radius 3 is 2.66 bits per heavy atom. The lowest BCUT2D eigenvalue weighted by Crippen LogP contribution is -2.29. The van der Waals surface area contributed by atoms with Gasteiger partial charge in [0.25, 0.3) is 11.5 Å². The smallest absolute Gasteiger partial charge is 0.263 e. The fraction of sp³-hybridized carbons (Fsp3) is 0.357. The van der Waals surface area contributed by atoms with E-state index in [0.29, 0.717) is 25.9 Å². The van der Waals surface area contributed by atoms with Crippen molar-refractivity contribution >= 4 is 61.5 Å². The number of nitrogens with two attached hydrogens (primary N) is 1. The molecule has 3 heterocycles. The second kappa shape index (κ2) is 10.7. The van der Waals surface area contributed by atoms with Crippen LogP contribution in [0, 0.1) is 0 Å². The first kappa shape index (κ1) is 25.3. The molecule has 196 valence electrons. The van der Waals surface area contributed by atoms with Gasteiger partial charge in [0.05, 0.1) is 16.7 Å². The molecule has 0 spiro atoms. The summed E-state index contributed by atoms with van der Waals surface area (Å²) in [5.41, 5.74) is 8.96. The summed E-state index contributed by atoms with van der Waals surface area (Å²) in [6.07, 6.45) is 7.93. The van der Waals surface area contributed by atoms with Crippen molar-refractivity contribution in [2.75, 3.05) is 11.1 Å². The Hall–Kier alpha value is -2.95. The lowest BCUT2D eigenvalue weighted by Gasteiger charge is -2.26. The molecule has 1 aromatic carbocycles. The lowest BCUT2D eigenvalue weighted by atomic mass is 9.95. The Bertz CT molecular complexity index is 1580. The molecule has 0 atom stereocenters. The Labute approximate surface area is 232 Å². The zero-order valence-electron chi connectivity index (χ0n) is 20.8. The van der Waals surface area contributed by atoms with E-state index in [1.165, 1.54) is 40.9 Å². The summed E-state index contributed by atoms with van der Waals surface area (Å²) in [6, 6.07) is 10.0. The minimum atomic E-state index is -0.502. The number of thioether (sulfide) groups is 1. The van der Waals surface area contributed by atoms with Gasteiger partial charge < -0.3 is 11.1 Å². The maximum absolute atomic E-state index is 14.0. The van der Waals surface area contributed by atoms with Crippen LogP contribution in [0.3, 0.4) is 0 Å². The molecule has 3 aromatic heterocycles. The van der Waals surface area contributed by atoms with Crippen molar-refractivity contribution in [1.82, 2.24) is 9.55 Å². The highest BCUT2D eigenvalue weighted by atomic mass is 32.2. The number of carbonyl (C=O) groups excluding carboxylic acids is 2. The monoisotopic (exact) mass is 564 g/mol. The number of nitrogens with one attached hydrogen (secondary N) is 1. The minimum absolute atomic E-state index is 0.0318. The molecule has 4 aromatic rings. The van der Waals surface area contributed by atoms with Crippen LogP contribution < -0.4 is 16.6 Å². The topological polar surface area (TPSA) is 107 Å². The average Bonchev–Trinajstić information content (AvgIpc) is 3.63. The number of nitrogens with zero attached hydrogens (tertiary/aromatic N) is 2. The van der Waals surface area contributed by atoms with Crippen LogP contribution >= 0.6 is 34.4 Å². The summed E-state index contributed by atoms with van der Waals surface area (Å²) in [5.74, 6) is -0.654. The Balaban J connectivity index is 1.31. The standard InChI is InChI=1S/C28H28N4O3S3/c29-24(34)22-18-12-7-13-20(18)38-26(22)30-21(33)15-37-28-31-25-23(19(14-36-25)16-8-3-1-4-9-16)27(35)32(28)17-10-5-2-6-11-17/h1,3-4,8-9,14,17H,2,5-7,10-13,15H2,(H2,29,34)(H,30,33). The van der Waals surface area contributed by atoms with E-state index >= 15 is 0 Å². The number of thiophene rings is 2. The summed E-state index contributed by atoms with van der Waals surface area (Å²) < 4.78 is 1.84. The van der Waals surface area contributed by atoms with E-state index in [2.05, 4.69) is 5.32 Å². The highest BCUT2D eigenvalue weighted by Crippen LogP contribution is 2.39. The normalized spacial score (nSPS) is 15.6. The third-order valence-electron chi connectivity index (χ3n) is 7.39. The van der Waals surface area contributed by atoms with Crippen molar-refractivity contribution in [3.8, 4) is 11.1 Å². The second-order valence-electron chi connectivity index (χ2n) is 9.82. The van der Waals surface area contributed by atoms with Crippen molar-refractivity contribution in [1.29, 1.82) is 0 Å². The fourth-order valence-electron chi connectivity index (χ4n) is 5.62. The molecular weight excluding hydrogens is 537 g/mol. The van der Waals surface area contributed by atoms with Gasteiger partial charge in [0.2, 0.25) is 5.91 Å². The van der Waals surface area contributed by atoms with Crippen molar-refractivity contribution in [2.45, 2.75) is 62.6 Å². The van der Waals surface area contributed by atoms with E-state index < -0.39 is 5.91 Å². The molecule has 0 unspecified atom stereocenters. The van der Waals surface area contributed by atoms with Gasteiger partial charge in [-0.15, -0.1) is 22.7 Å². The van der Waals surface area contributed by atoms with Crippen LogP contribution in [0.5, 0.6) is 0 Å². The first-order chi connectivity index (χ1) is 18.5. The van der Waals surface area contributed by atoms with E-state index in [1.54, 1.807) is 0 Å². The number of rotatable bonds is 7. The van der Waals surface area contributed by atoms with Crippen molar-refractivity contribution in [3.05, 3.63) is 62.1 Å². The number of anilines is 1. The SMILES string of the molecule is NC(=O)c1c(NC(=O)CSc2nc3scc(-c4ccccc4)c3c(=O)n2C2CCCCC2)sc2c1CCC2. The van der Waals surface area contributed by atoms with Crippen LogP contribution in [0.1, 0.15) is 65.4 Å². The van der Waals surface area contributed by atoms with Crippen molar-refractivity contribution in [3.63, 3.8) is 0 Å². The Morgan fingerprint density at radius 1 is 1.11 bits per heavy atom. The number of hydrogen-bond acceptors (Lipinski definition) is 7. The summed E-state index contributed by atoms with van der Waals surface area (Å²) in [6.45, 7) is 0. The zero-order valence-corrected chi connectivity index (χ0v) is 23.3. The average molecular weight is 565 g/mol. The van der Waals surface area contributed by atoms with Gasteiger partial charge in [-0.3, -0.25) is 19.0 Å². The van der Waals surface area contributed by atoms with E-state index in [0.717, 1.165) is 66.5 Å². The third-order valence-corrected chi connectivity index (χ3v) is 10.4. The van der Waals surface area contributed by atoms with Gasteiger partial charge in [-0.1, -0.05) is 61.4 Å². The molecule has 38 heavy (non-hydrogen) atoms. The summed E-state index contributed by atoms with van der Waals surface area (Å²) in [7, 11) is 0. The number of hydrogen-bond donors (Lipinski definition) is 2. The maximum atomic E-state index is 14.0. The van der Waals surface area contributed by atoms with Crippen molar-refractivity contribution < 1.29 is 9.59 Å².